The van der Waals surface area contributed by atoms with Crippen LogP contribution in [0.25, 0.3) is 0 Å². The van der Waals surface area contributed by atoms with Crippen molar-refractivity contribution in [1.29, 1.82) is 0 Å². The van der Waals surface area contributed by atoms with E-state index in [1.807, 2.05) is 32.0 Å². The average molecular weight is 265 g/mol. The van der Waals surface area contributed by atoms with Gasteiger partial charge in [-0.3, -0.25) is 0 Å². The summed E-state index contributed by atoms with van der Waals surface area (Å²) >= 11 is 0. The first-order chi connectivity index (χ1) is 9.02. The zero-order chi connectivity index (χ0) is 13.9. The molecule has 1 aliphatic rings. The van der Waals surface area contributed by atoms with Crippen LogP contribution in [0.5, 0.6) is 0 Å². The van der Waals surface area contributed by atoms with E-state index < -0.39 is 5.79 Å². The van der Waals surface area contributed by atoms with Crippen LogP contribution in [0.2, 0.25) is 0 Å². The van der Waals surface area contributed by atoms with Gasteiger partial charge in [0.15, 0.2) is 5.79 Å². The van der Waals surface area contributed by atoms with Gasteiger partial charge in [0.25, 0.3) is 0 Å². The molecule has 0 amide bonds. The number of hydrogen-bond donors (Lipinski definition) is 2. The molecule has 0 radical (unpaired) electrons. The van der Waals surface area contributed by atoms with E-state index in [-0.39, 0.29) is 24.8 Å². The Morgan fingerprint density at radius 2 is 2.05 bits per heavy atom. The van der Waals surface area contributed by atoms with Gasteiger partial charge >= 0.3 is 0 Å². The molecule has 1 saturated heterocycles. The fourth-order valence-corrected chi connectivity index (χ4v) is 2.35. The molecule has 1 heterocycles. The largest absolute Gasteiger partial charge is 0.395 e. The van der Waals surface area contributed by atoms with Crippen molar-refractivity contribution in [3.8, 4) is 0 Å². The van der Waals surface area contributed by atoms with Crippen LogP contribution in [0, 0.1) is 0 Å². The molecule has 0 spiro atoms. The van der Waals surface area contributed by atoms with Crippen molar-refractivity contribution in [2.24, 2.45) is 0 Å². The summed E-state index contributed by atoms with van der Waals surface area (Å²) in [5.41, 5.74) is 1.19. The minimum Gasteiger partial charge on any atom is -0.395 e. The van der Waals surface area contributed by atoms with Crippen LogP contribution in [0.3, 0.4) is 0 Å². The first kappa shape index (κ1) is 14.5. The second-order valence-corrected chi connectivity index (χ2v) is 5.46. The molecule has 0 saturated carbocycles. The molecule has 1 aromatic carbocycles. The minimum atomic E-state index is -0.560. The van der Waals surface area contributed by atoms with Crippen LogP contribution in [-0.2, 0) is 9.47 Å². The smallest absolute Gasteiger partial charge is 0.163 e. The predicted octanol–water partition coefficient (Wildman–Crippen LogP) is 1.85. The van der Waals surface area contributed by atoms with E-state index in [4.69, 9.17) is 9.47 Å². The third-order valence-corrected chi connectivity index (χ3v) is 3.44. The van der Waals surface area contributed by atoms with Crippen molar-refractivity contribution in [2.75, 3.05) is 13.2 Å². The standard InChI is InChI=1S/C15H23NO3/c1-11(12-7-5-4-6-8-12)16-13(9-17)14-10-18-15(2,3)19-14/h4-8,11,13-14,16-17H,9-10H2,1-3H3/t11?,13-,14-/m1/s1. The second kappa shape index (κ2) is 6.01. The van der Waals surface area contributed by atoms with Crippen LogP contribution >= 0.6 is 0 Å². The lowest BCUT2D eigenvalue weighted by Gasteiger charge is -2.27. The number of aliphatic hydroxyl groups excluding tert-OH is 1. The van der Waals surface area contributed by atoms with Gasteiger partial charge < -0.3 is 19.9 Å². The van der Waals surface area contributed by atoms with Crippen molar-refractivity contribution >= 4 is 0 Å². The van der Waals surface area contributed by atoms with Crippen LogP contribution < -0.4 is 5.32 Å². The lowest BCUT2D eigenvalue weighted by molar-refractivity contribution is -0.143. The summed E-state index contributed by atoms with van der Waals surface area (Å²) in [6.45, 7) is 6.40. The summed E-state index contributed by atoms with van der Waals surface area (Å²) in [7, 11) is 0. The van der Waals surface area contributed by atoms with E-state index in [9.17, 15) is 5.11 Å². The lowest BCUT2D eigenvalue weighted by Crippen LogP contribution is -2.45. The molecule has 2 N–H and O–H groups in total. The number of benzene rings is 1. The Labute approximate surface area is 114 Å². The molecule has 2 rings (SSSR count). The van der Waals surface area contributed by atoms with Crippen molar-refractivity contribution in [1.82, 2.24) is 5.32 Å². The minimum absolute atomic E-state index is 0.0290. The molecule has 0 aromatic heterocycles. The number of nitrogens with one attached hydrogen (secondary N) is 1. The summed E-state index contributed by atoms with van der Waals surface area (Å²) < 4.78 is 11.3. The van der Waals surface area contributed by atoms with Crippen LogP contribution in [0.15, 0.2) is 30.3 Å². The van der Waals surface area contributed by atoms with Gasteiger partial charge in [-0.15, -0.1) is 0 Å². The third kappa shape index (κ3) is 3.76. The first-order valence-corrected chi connectivity index (χ1v) is 6.75. The fraction of sp³-hybridized carbons (Fsp3) is 0.600. The SMILES string of the molecule is CC(N[C@H](CO)[C@H]1COC(C)(C)O1)c1ccccc1. The van der Waals surface area contributed by atoms with E-state index in [1.54, 1.807) is 0 Å². The quantitative estimate of drug-likeness (QED) is 0.853. The molecule has 0 aliphatic carbocycles. The zero-order valence-corrected chi connectivity index (χ0v) is 11.8. The molecular weight excluding hydrogens is 242 g/mol. The van der Waals surface area contributed by atoms with E-state index in [2.05, 4.69) is 24.4 Å². The van der Waals surface area contributed by atoms with E-state index in [0.717, 1.165) is 0 Å². The van der Waals surface area contributed by atoms with Crippen molar-refractivity contribution < 1.29 is 14.6 Å². The van der Waals surface area contributed by atoms with Crippen LogP contribution in [0.4, 0.5) is 0 Å². The third-order valence-electron chi connectivity index (χ3n) is 3.44. The molecule has 106 valence electrons. The van der Waals surface area contributed by atoms with E-state index in [1.165, 1.54) is 5.56 Å². The Kier molecular flexibility index (Phi) is 4.58. The summed E-state index contributed by atoms with van der Waals surface area (Å²) in [5, 5.41) is 13.0. The van der Waals surface area contributed by atoms with Crippen LogP contribution in [-0.4, -0.2) is 36.3 Å². The monoisotopic (exact) mass is 265 g/mol. The number of ether oxygens (including phenoxy) is 2. The summed E-state index contributed by atoms with van der Waals surface area (Å²) in [4.78, 5) is 0. The van der Waals surface area contributed by atoms with Gasteiger partial charge in [0.05, 0.1) is 19.3 Å². The molecule has 4 heteroatoms. The van der Waals surface area contributed by atoms with Crippen molar-refractivity contribution in [2.45, 2.75) is 44.7 Å². The molecular formula is C15H23NO3. The van der Waals surface area contributed by atoms with Gasteiger partial charge in [-0.05, 0) is 26.3 Å². The summed E-state index contributed by atoms with van der Waals surface area (Å²) in [5.74, 6) is -0.560. The fourth-order valence-electron chi connectivity index (χ4n) is 2.35. The van der Waals surface area contributed by atoms with Gasteiger partial charge in [0.2, 0.25) is 0 Å². The predicted molar refractivity (Wildman–Crippen MR) is 73.8 cm³/mol. The second-order valence-electron chi connectivity index (χ2n) is 5.46. The molecule has 1 aliphatic heterocycles. The highest BCUT2D eigenvalue weighted by Gasteiger charge is 2.37. The first-order valence-electron chi connectivity index (χ1n) is 6.75. The van der Waals surface area contributed by atoms with Crippen molar-refractivity contribution in [3.63, 3.8) is 0 Å². The van der Waals surface area contributed by atoms with E-state index in [0.29, 0.717) is 6.61 Å². The van der Waals surface area contributed by atoms with Crippen LogP contribution in [0.1, 0.15) is 32.4 Å². The Balaban J connectivity index is 1.96. The van der Waals surface area contributed by atoms with Crippen molar-refractivity contribution in [3.05, 3.63) is 35.9 Å². The topological polar surface area (TPSA) is 50.7 Å². The van der Waals surface area contributed by atoms with E-state index >= 15 is 0 Å². The molecule has 1 aromatic rings. The number of rotatable bonds is 5. The highest BCUT2D eigenvalue weighted by molar-refractivity contribution is 5.18. The Hall–Kier alpha value is -0.940. The molecule has 19 heavy (non-hydrogen) atoms. The summed E-state index contributed by atoms with van der Waals surface area (Å²) in [6.07, 6.45) is -0.119. The normalized spacial score (nSPS) is 25.2. The lowest BCUT2D eigenvalue weighted by atomic mass is 10.1. The number of aliphatic hydroxyl groups is 1. The van der Waals surface area contributed by atoms with Gasteiger partial charge in [-0.2, -0.15) is 0 Å². The highest BCUT2D eigenvalue weighted by atomic mass is 16.7. The maximum absolute atomic E-state index is 9.55. The Morgan fingerprint density at radius 3 is 2.58 bits per heavy atom. The van der Waals surface area contributed by atoms with Gasteiger partial charge in [-0.1, -0.05) is 30.3 Å². The molecule has 3 atom stereocenters. The molecule has 1 fully saturated rings. The highest BCUT2D eigenvalue weighted by Crippen LogP contribution is 2.25. The average Bonchev–Trinajstić information content (AvgIpc) is 2.77. The van der Waals surface area contributed by atoms with Gasteiger partial charge in [-0.25, -0.2) is 0 Å². The van der Waals surface area contributed by atoms with Gasteiger partial charge in [0, 0.05) is 6.04 Å². The maximum atomic E-state index is 9.55. The summed E-state index contributed by atoms with van der Waals surface area (Å²) in [6, 6.07) is 10.2. The molecule has 4 nitrogen and oxygen atoms in total. The Bertz CT molecular complexity index is 394. The Morgan fingerprint density at radius 1 is 1.37 bits per heavy atom. The molecule has 0 bridgehead atoms. The number of hydrogen-bond acceptors (Lipinski definition) is 4. The molecule has 1 unspecified atom stereocenters. The zero-order valence-electron chi connectivity index (χ0n) is 11.8. The maximum Gasteiger partial charge on any atom is 0.163 e. The van der Waals surface area contributed by atoms with Gasteiger partial charge in [0.1, 0.15) is 6.10 Å².